The fourth-order valence-electron chi connectivity index (χ4n) is 6.87. The lowest BCUT2D eigenvalue weighted by molar-refractivity contribution is -0.140. The number of rotatable bonds is 7. The second-order valence-electron chi connectivity index (χ2n) is 12.5. The van der Waals surface area contributed by atoms with Crippen LogP contribution in [0.2, 0.25) is 0 Å². The fourth-order valence-corrected chi connectivity index (χ4v) is 6.87. The Morgan fingerprint density at radius 2 is 1.93 bits per heavy atom. The van der Waals surface area contributed by atoms with Gasteiger partial charge in [0.1, 0.15) is 18.0 Å². The van der Waals surface area contributed by atoms with E-state index in [9.17, 15) is 22.0 Å². The number of hydrogen-bond donors (Lipinski definition) is 2. The summed E-state index contributed by atoms with van der Waals surface area (Å²) in [7, 11) is 0. The summed E-state index contributed by atoms with van der Waals surface area (Å²) in [5.41, 5.74) is -1.03. The van der Waals surface area contributed by atoms with Crippen molar-refractivity contribution in [3.05, 3.63) is 35.8 Å². The first-order valence-corrected chi connectivity index (χ1v) is 14.6. The van der Waals surface area contributed by atoms with Crippen molar-refractivity contribution in [3.63, 3.8) is 0 Å². The second kappa shape index (κ2) is 11.4. The number of nitrogens with one attached hydrogen (secondary N) is 2. The topological polar surface area (TPSA) is 74.8 Å². The molecule has 5 heterocycles. The molecule has 0 radical (unpaired) electrons. The summed E-state index contributed by atoms with van der Waals surface area (Å²) in [6, 6.07) is 4.01. The Hall–Kier alpha value is -2.77. The molecule has 0 saturated carbocycles. The minimum atomic E-state index is -4.75. The summed E-state index contributed by atoms with van der Waals surface area (Å²) in [6.07, 6.45) is -1.99. The summed E-state index contributed by atoms with van der Waals surface area (Å²) in [5, 5.41) is 5.98. The molecule has 4 unspecified atom stereocenters. The largest absolute Gasteiger partial charge is 0.487 e. The number of nitrogens with zero attached hydrogens (tertiary/aromatic N) is 4. The molecular weight excluding hydrogens is 559 g/mol. The van der Waals surface area contributed by atoms with Crippen LogP contribution in [0.3, 0.4) is 0 Å². The Morgan fingerprint density at radius 3 is 2.64 bits per heavy atom. The number of aromatic nitrogens is 2. The van der Waals surface area contributed by atoms with E-state index in [4.69, 9.17) is 9.47 Å². The van der Waals surface area contributed by atoms with Gasteiger partial charge in [0, 0.05) is 36.4 Å². The van der Waals surface area contributed by atoms with Crippen molar-refractivity contribution in [2.24, 2.45) is 0 Å². The molecule has 42 heavy (non-hydrogen) atoms. The molecule has 0 aliphatic carbocycles. The molecular formula is C29H37F5N6O2. The number of hydrogen-bond acceptors (Lipinski definition) is 8. The van der Waals surface area contributed by atoms with E-state index in [0.717, 1.165) is 44.5 Å². The molecule has 0 spiro atoms. The Bertz CT molecular complexity index is 1280. The first kappa shape index (κ1) is 29.3. The van der Waals surface area contributed by atoms with Crippen molar-refractivity contribution >= 4 is 17.5 Å². The number of ether oxygens (including phenoxy) is 2. The van der Waals surface area contributed by atoms with Crippen LogP contribution < -0.4 is 15.4 Å². The zero-order valence-corrected chi connectivity index (χ0v) is 23.8. The Kier molecular flexibility index (Phi) is 7.94. The van der Waals surface area contributed by atoms with Crippen molar-refractivity contribution in [1.82, 2.24) is 19.8 Å². The Labute approximate surface area is 242 Å². The normalized spacial score (nSPS) is 28.6. The summed E-state index contributed by atoms with van der Waals surface area (Å²) < 4.78 is 82.5. The Morgan fingerprint density at radius 1 is 1.12 bits per heavy atom. The minimum absolute atomic E-state index is 0.00175. The summed E-state index contributed by atoms with van der Waals surface area (Å²) in [6.45, 7) is 7.14. The van der Waals surface area contributed by atoms with Crippen LogP contribution in [0.25, 0.3) is 0 Å². The van der Waals surface area contributed by atoms with Gasteiger partial charge in [0.05, 0.1) is 31.0 Å². The number of benzene rings is 1. The first-order valence-electron chi connectivity index (χ1n) is 14.6. The quantitative estimate of drug-likeness (QED) is 0.413. The lowest BCUT2D eigenvalue weighted by Gasteiger charge is -2.47. The van der Waals surface area contributed by atoms with Crippen molar-refractivity contribution in [2.75, 3.05) is 43.5 Å². The molecule has 8 nitrogen and oxygen atoms in total. The van der Waals surface area contributed by atoms with Gasteiger partial charge in [0.2, 0.25) is 5.95 Å². The standard InChI is InChI=1S/C29H37F5N6O2/c1-28(2)12-18(10-19-4-3-8-40(19)28)36-26-22(30)13-35-27(38-26)37-17-5-6-24(21(11-17)29(32,33)34)42-25-7-9-39(14-23(25)31)20-15-41-16-20/h5-6,11,13,18-20,23,25H,3-4,7-10,12,14-16H2,1-2H3,(H2,35,36,37,38). The van der Waals surface area contributed by atoms with Gasteiger partial charge in [0.25, 0.3) is 0 Å². The molecule has 2 aromatic rings. The number of anilines is 3. The van der Waals surface area contributed by atoms with Gasteiger partial charge >= 0.3 is 6.18 Å². The van der Waals surface area contributed by atoms with Crippen molar-refractivity contribution < 1.29 is 31.4 Å². The minimum Gasteiger partial charge on any atom is -0.487 e. The maximum Gasteiger partial charge on any atom is 0.420 e. The van der Waals surface area contributed by atoms with Crippen LogP contribution in [-0.2, 0) is 10.9 Å². The molecule has 4 atom stereocenters. The van der Waals surface area contributed by atoms with Gasteiger partial charge in [-0.3, -0.25) is 9.80 Å². The van der Waals surface area contributed by atoms with E-state index < -0.39 is 35.6 Å². The molecule has 4 fully saturated rings. The van der Waals surface area contributed by atoms with E-state index in [1.54, 1.807) is 0 Å². The molecule has 0 bridgehead atoms. The van der Waals surface area contributed by atoms with Crippen molar-refractivity contribution in [1.29, 1.82) is 0 Å². The number of fused-ring (bicyclic) bond motifs is 1. The van der Waals surface area contributed by atoms with Crippen LogP contribution in [0, 0.1) is 5.82 Å². The fraction of sp³-hybridized carbons (Fsp3) is 0.655. The number of alkyl halides is 4. The molecule has 4 aliphatic heterocycles. The van der Waals surface area contributed by atoms with Crippen LogP contribution in [0.4, 0.5) is 39.4 Å². The number of likely N-dealkylation sites (tertiary alicyclic amines) is 1. The zero-order chi connectivity index (χ0) is 29.6. The highest BCUT2D eigenvalue weighted by Gasteiger charge is 2.43. The highest BCUT2D eigenvalue weighted by atomic mass is 19.4. The third-order valence-corrected chi connectivity index (χ3v) is 9.01. The molecule has 4 saturated heterocycles. The monoisotopic (exact) mass is 596 g/mol. The predicted octanol–water partition coefficient (Wildman–Crippen LogP) is 5.39. The summed E-state index contributed by atoms with van der Waals surface area (Å²) in [4.78, 5) is 12.7. The van der Waals surface area contributed by atoms with E-state index in [1.165, 1.54) is 12.1 Å². The molecule has 0 amide bonds. The molecule has 13 heteroatoms. The van der Waals surface area contributed by atoms with Gasteiger partial charge in [-0.15, -0.1) is 0 Å². The van der Waals surface area contributed by atoms with Crippen molar-refractivity contribution in [2.45, 2.75) is 88.1 Å². The third-order valence-electron chi connectivity index (χ3n) is 9.01. The van der Waals surface area contributed by atoms with Crippen LogP contribution >= 0.6 is 0 Å². The van der Waals surface area contributed by atoms with Gasteiger partial charge < -0.3 is 20.1 Å². The molecule has 2 N–H and O–H groups in total. The maximum atomic E-state index is 14.9. The van der Waals surface area contributed by atoms with Crippen LogP contribution in [0.15, 0.2) is 24.4 Å². The van der Waals surface area contributed by atoms with Crippen molar-refractivity contribution in [3.8, 4) is 5.75 Å². The second-order valence-corrected chi connectivity index (χ2v) is 12.5. The SMILES string of the molecule is CC1(C)CC(Nc2nc(Nc3ccc(OC4CCN(C5COC5)CC4F)c(C(F)(F)F)c3)ncc2F)CC2CCCN21. The molecule has 4 aliphatic rings. The smallest absolute Gasteiger partial charge is 0.420 e. The highest BCUT2D eigenvalue weighted by Crippen LogP contribution is 2.41. The Balaban J connectivity index is 1.15. The van der Waals surface area contributed by atoms with Crippen LogP contribution in [0.5, 0.6) is 5.75 Å². The lowest BCUT2D eigenvalue weighted by atomic mass is 9.84. The van der Waals surface area contributed by atoms with Gasteiger partial charge in [-0.1, -0.05) is 0 Å². The molecule has 6 rings (SSSR count). The molecule has 230 valence electrons. The van der Waals surface area contributed by atoms with Gasteiger partial charge in [-0.2, -0.15) is 18.2 Å². The molecule has 1 aromatic heterocycles. The zero-order valence-electron chi connectivity index (χ0n) is 23.8. The van der Waals surface area contributed by atoms with E-state index in [2.05, 4.69) is 39.3 Å². The third kappa shape index (κ3) is 6.14. The van der Waals surface area contributed by atoms with E-state index in [0.29, 0.717) is 25.8 Å². The van der Waals surface area contributed by atoms with Gasteiger partial charge in [0.15, 0.2) is 11.6 Å². The molecule has 1 aromatic carbocycles. The van der Waals surface area contributed by atoms with Crippen LogP contribution in [0.1, 0.15) is 51.5 Å². The number of halogens is 5. The van der Waals surface area contributed by atoms with Gasteiger partial charge in [-0.05, 0) is 70.7 Å². The maximum absolute atomic E-state index is 14.9. The first-order chi connectivity index (χ1) is 20.0. The van der Waals surface area contributed by atoms with E-state index in [1.807, 2.05) is 4.90 Å². The average Bonchev–Trinajstić information content (AvgIpc) is 3.36. The van der Waals surface area contributed by atoms with Gasteiger partial charge in [-0.25, -0.2) is 13.8 Å². The number of piperidine rings is 2. The van der Waals surface area contributed by atoms with E-state index in [-0.39, 0.29) is 48.0 Å². The van der Waals surface area contributed by atoms with Crippen LogP contribution in [-0.4, -0.2) is 88.6 Å². The lowest BCUT2D eigenvalue weighted by Crippen LogP contribution is -2.56. The predicted molar refractivity (Wildman–Crippen MR) is 147 cm³/mol. The summed E-state index contributed by atoms with van der Waals surface area (Å²) in [5.74, 6) is -1.12. The average molecular weight is 597 g/mol. The summed E-state index contributed by atoms with van der Waals surface area (Å²) >= 11 is 0. The van der Waals surface area contributed by atoms with E-state index >= 15 is 0 Å². The highest BCUT2D eigenvalue weighted by molar-refractivity contribution is 5.59.